The zero-order chi connectivity index (χ0) is 7.28. The van der Waals surface area contributed by atoms with Gasteiger partial charge in [-0.1, -0.05) is 5.92 Å². The van der Waals surface area contributed by atoms with E-state index >= 15 is 0 Å². The van der Waals surface area contributed by atoms with Crippen LogP contribution in [0.2, 0.25) is 0 Å². The largest absolute Gasteiger partial charge is 0.342 e. The number of carbonyl (C=O) groups excluding carboxylic acids is 1. The Morgan fingerprint density at radius 1 is 2.00 bits per heavy atom. The zero-order valence-corrected chi connectivity index (χ0v) is 5.35. The van der Waals surface area contributed by atoms with E-state index in [2.05, 4.69) is 11.2 Å². The minimum absolute atomic E-state index is 0.00792. The van der Waals surface area contributed by atoms with Gasteiger partial charge in [-0.05, 0) is 6.92 Å². The normalized spacial score (nSPS) is 11.7. The van der Waals surface area contributed by atoms with E-state index in [1.165, 1.54) is 0 Å². The Kier molecular flexibility index (Phi) is 3.49. The van der Waals surface area contributed by atoms with Crippen LogP contribution in [-0.2, 0) is 4.79 Å². The quantitative estimate of drug-likeness (QED) is 0.470. The molecule has 0 bridgehead atoms. The number of nitrogens with one attached hydrogen (secondary N) is 1. The summed E-state index contributed by atoms with van der Waals surface area (Å²) >= 11 is 0. The topological polar surface area (TPSA) is 55.1 Å². The van der Waals surface area contributed by atoms with E-state index in [1.807, 2.05) is 0 Å². The third-order valence-electron chi connectivity index (χ3n) is 0.813. The first-order valence-corrected chi connectivity index (χ1v) is 2.66. The van der Waals surface area contributed by atoms with Crippen LogP contribution in [0, 0.1) is 12.3 Å². The van der Waals surface area contributed by atoms with Crippen LogP contribution in [0.15, 0.2) is 0 Å². The molecule has 0 aliphatic rings. The number of hydrogen-bond donors (Lipinski definition) is 2. The molecule has 0 heterocycles. The lowest BCUT2D eigenvalue weighted by Gasteiger charge is -2.03. The van der Waals surface area contributed by atoms with Crippen molar-refractivity contribution in [3.63, 3.8) is 0 Å². The van der Waals surface area contributed by atoms with E-state index in [0.717, 1.165) is 0 Å². The Labute approximate surface area is 54.6 Å². The Morgan fingerprint density at radius 2 is 2.56 bits per heavy atom. The van der Waals surface area contributed by atoms with Gasteiger partial charge in [0.2, 0.25) is 5.91 Å². The molecule has 50 valence electrons. The standard InChI is InChI=1S/C6H10N2O/c1-3-5(2)8-6(9)4-7/h1,5H,4,7H2,2H3,(H,8,9). The molecule has 0 aliphatic heterocycles. The number of amides is 1. The van der Waals surface area contributed by atoms with Gasteiger partial charge in [0.25, 0.3) is 0 Å². The van der Waals surface area contributed by atoms with E-state index in [0.29, 0.717) is 0 Å². The second-order valence-electron chi connectivity index (χ2n) is 1.66. The first-order chi connectivity index (χ1) is 4.20. The predicted octanol–water partition coefficient (Wildman–Crippen LogP) is -0.917. The first kappa shape index (κ1) is 7.99. The van der Waals surface area contributed by atoms with Crippen LogP contribution in [0.3, 0.4) is 0 Å². The van der Waals surface area contributed by atoms with Gasteiger partial charge in [-0.25, -0.2) is 0 Å². The molecule has 3 nitrogen and oxygen atoms in total. The highest BCUT2D eigenvalue weighted by Gasteiger charge is 1.99. The van der Waals surface area contributed by atoms with Crippen molar-refractivity contribution in [3.05, 3.63) is 0 Å². The van der Waals surface area contributed by atoms with Crippen LogP contribution in [0.4, 0.5) is 0 Å². The van der Waals surface area contributed by atoms with Crippen LogP contribution >= 0.6 is 0 Å². The van der Waals surface area contributed by atoms with Crippen LogP contribution in [-0.4, -0.2) is 18.5 Å². The summed E-state index contributed by atoms with van der Waals surface area (Å²) in [6.45, 7) is 1.71. The van der Waals surface area contributed by atoms with Crippen LogP contribution in [0.1, 0.15) is 6.92 Å². The molecule has 1 amide bonds. The van der Waals surface area contributed by atoms with Gasteiger partial charge in [-0.2, -0.15) is 0 Å². The molecule has 0 spiro atoms. The first-order valence-electron chi connectivity index (χ1n) is 2.66. The molecule has 3 N–H and O–H groups in total. The summed E-state index contributed by atoms with van der Waals surface area (Å²) in [5, 5.41) is 2.48. The molecule has 0 rings (SSSR count). The van der Waals surface area contributed by atoms with Crippen molar-refractivity contribution in [2.45, 2.75) is 13.0 Å². The van der Waals surface area contributed by atoms with Crippen LogP contribution in [0.25, 0.3) is 0 Å². The fraction of sp³-hybridized carbons (Fsp3) is 0.500. The van der Waals surface area contributed by atoms with Gasteiger partial charge in [0.1, 0.15) is 0 Å². The summed E-state index contributed by atoms with van der Waals surface area (Å²) < 4.78 is 0. The van der Waals surface area contributed by atoms with Crippen molar-refractivity contribution in [1.82, 2.24) is 5.32 Å². The molecular weight excluding hydrogens is 116 g/mol. The SMILES string of the molecule is C#CC(C)NC(=O)CN. The van der Waals surface area contributed by atoms with E-state index in [-0.39, 0.29) is 18.5 Å². The van der Waals surface area contributed by atoms with Gasteiger partial charge in [0.05, 0.1) is 12.6 Å². The molecule has 0 aromatic carbocycles. The molecular formula is C6H10N2O. The second kappa shape index (κ2) is 3.93. The summed E-state index contributed by atoms with van der Waals surface area (Å²) in [5.41, 5.74) is 4.99. The zero-order valence-electron chi connectivity index (χ0n) is 5.35. The Balaban J connectivity index is 3.50. The van der Waals surface area contributed by atoms with Crippen molar-refractivity contribution in [3.8, 4) is 12.3 Å². The van der Waals surface area contributed by atoms with E-state index in [1.54, 1.807) is 6.92 Å². The molecule has 3 heteroatoms. The lowest BCUT2D eigenvalue weighted by molar-refractivity contribution is -0.119. The van der Waals surface area contributed by atoms with Gasteiger partial charge < -0.3 is 11.1 Å². The summed E-state index contributed by atoms with van der Waals surface area (Å²) in [7, 11) is 0. The Morgan fingerprint density at radius 3 is 2.89 bits per heavy atom. The molecule has 0 saturated carbocycles. The Hall–Kier alpha value is -1.01. The van der Waals surface area contributed by atoms with E-state index < -0.39 is 0 Å². The van der Waals surface area contributed by atoms with Crippen molar-refractivity contribution >= 4 is 5.91 Å². The fourth-order valence-electron chi connectivity index (χ4n) is 0.342. The molecule has 0 aliphatic carbocycles. The minimum atomic E-state index is -0.222. The average molecular weight is 126 g/mol. The molecule has 0 fully saturated rings. The third-order valence-corrected chi connectivity index (χ3v) is 0.813. The van der Waals surface area contributed by atoms with Gasteiger partial charge in [0.15, 0.2) is 0 Å². The molecule has 0 radical (unpaired) electrons. The maximum atomic E-state index is 10.4. The van der Waals surface area contributed by atoms with Crippen molar-refractivity contribution in [2.75, 3.05) is 6.54 Å². The second-order valence-corrected chi connectivity index (χ2v) is 1.66. The predicted molar refractivity (Wildman–Crippen MR) is 35.5 cm³/mol. The van der Waals surface area contributed by atoms with E-state index in [9.17, 15) is 4.79 Å². The number of rotatable bonds is 2. The number of hydrogen-bond acceptors (Lipinski definition) is 2. The summed E-state index contributed by atoms with van der Waals surface area (Å²) in [4.78, 5) is 10.4. The molecule has 0 aromatic heterocycles. The monoisotopic (exact) mass is 126 g/mol. The van der Waals surface area contributed by atoms with Crippen molar-refractivity contribution in [1.29, 1.82) is 0 Å². The maximum Gasteiger partial charge on any atom is 0.234 e. The maximum absolute atomic E-state index is 10.4. The lowest BCUT2D eigenvalue weighted by atomic mass is 10.3. The fourth-order valence-corrected chi connectivity index (χ4v) is 0.342. The molecule has 0 saturated heterocycles. The van der Waals surface area contributed by atoms with Crippen molar-refractivity contribution < 1.29 is 4.79 Å². The summed E-state index contributed by atoms with van der Waals surface area (Å²) in [6.07, 6.45) is 4.97. The van der Waals surface area contributed by atoms with Gasteiger partial charge in [0, 0.05) is 0 Å². The van der Waals surface area contributed by atoms with Gasteiger partial charge in [-0.15, -0.1) is 6.42 Å². The average Bonchev–Trinajstić information content (AvgIpc) is 1.87. The van der Waals surface area contributed by atoms with Gasteiger partial charge >= 0.3 is 0 Å². The molecule has 1 atom stereocenters. The third kappa shape index (κ3) is 3.56. The highest BCUT2D eigenvalue weighted by Crippen LogP contribution is 1.73. The Bertz CT molecular complexity index is 136. The van der Waals surface area contributed by atoms with Crippen LogP contribution < -0.4 is 11.1 Å². The van der Waals surface area contributed by atoms with Gasteiger partial charge in [-0.3, -0.25) is 4.79 Å². The molecule has 1 unspecified atom stereocenters. The van der Waals surface area contributed by atoms with Crippen LogP contribution in [0.5, 0.6) is 0 Å². The lowest BCUT2D eigenvalue weighted by Crippen LogP contribution is -2.36. The smallest absolute Gasteiger partial charge is 0.234 e. The highest BCUT2D eigenvalue weighted by atomic mass is 16.1. The van der Waals surface area contributed by atoms with E-state index in [4.69, 9.17) is 12.2 Å². The summed E-state index contributed by atoms with van der Waals surface area (Å²) in [6, 6.07) is -0.221. The number of carbonyl (C=O) groups is 1. The van der Waals surface area contributed by atoms with Crippen molar-refractivity contribution in [2.24, 2.45) is 5.73 Å². The number of nitrogens with two attached hydrogens (primary N) is 1. The number of terminal acetylenes is 1. The molecule has 9 heavy (non-hydrogen) atoms. The highest BCUT2D eigenvalue weighted by molar-refractivity contribution is 5.78. The molecule has 0 aromatic rings. The minimum Gasteiger partial charge on any atom is -0.342 e. The summed E-state index contributed by atoms with van der Waals surface area (Å²) in [5.74, 6) is 2.12.